The highest BCUT2D eigenvalue weighted by molar-refractivity contribution is 7.17. The van der Waals surface area contributed by atoms with E-state index in [0.29, 0.717) is 26.2 Å². The van der Waals surface area contributed by atoms with Crippen molar-refractivity contribution >= 4 is 57.5 Å². The number of esters is 1. The number of halogens is 2. The molecule has 1 N–H and O–H groups in total. The average Bonchev–Trinajstić information content (AvgIpc) is 2.96. The van der Waals surface area contributed by atoms with Crippen molar-refractivity contribution < 1.29 is 14.3 Å². The Balaban J connectivity index is 1.86. The molecule has 0 saturated heterocycles. The number of amides is 1. The van der Waals surface area contributed by atoms with Crippen LogP contribution >= 0.6 is 34.5 Å². The molecule has 0 unspecified atom stereocenters. The van der Waals surface area contributed by atoms with Gasteiger partial charge in [-0.2, -0.15) is 0 Å². The van der Waals surface area contributed by atoms with E-state index in [9.17, 15) is 9.59 Å². The number of methoxy groups -OCH3 is 1. The molecule has 1 aliphatic rings. The number of carbonyl (C=O) groups excluding carboxylic acids is 2. The maximum absolute atomic E-state index is 12.5. The van der Waals surface area contributed by atoms with E-state index in [1.54, 1.807) is 24.3 Å². The molecule has 28 heavy (non-hydrogen) atoms. The van der Waals surface area contributed by atoms with E-state index in [-0.39, 0.29) is 5.91 Å². The predicted molar refractivity (Wildman–Crippen MR) is 116 cm³/mol. The molecular formula is C21H21Cl2NO3S. The van der Waals surface area contributed by atoms with Gasteiger partial charge in [-0.3, -0.25) is 4.79 Å². The van der Waals surface area contributed by atoms with Gasteiger partial charge in [0.15, 0.2) is 0 Å². The number of hydrogen-bond acceptors (Lipinski definition) is 4. The minimum atomic E-state index is -0.411. The summed E-state index contributed by atoms with van der Waals surface area (Å²) in [6, 6.07) is 5.16. The summed E-state index contributed by atoms with van der Waals surface area (Å²) in [6.45, 7) is 0. The van der Waals surface area contributed by atoms with E-state index in [1.165, 1.54) is 30.9 Å². The smallest absolute Gasteiger partial charge is 0.341 e. The van der Waals surface area contributed by atoms with Crippen LogP contribution in [0.2, 0.25) is 10.0 Å². The summed E-state index contributed by atoms with van der Waals surface area (Å²) < 4.78 is 4.98. The van der Waals surface area contributed by atoms with Crippen LogP contribution in [0.4, 0.5) is 5.00 Å². The van der Waals surface area contributed by atoms with Crippen molar-refractivity contribution in [2.24, 2.45) is 0 Å². The highest BCUT2D eigenvalue weighted by Gasteiger charge is 2.25. The van der Waals surface area contributed by atoms with Gasteiger partial charge in [0.1, 0.15) is 5.00 Å². The number of hydrogen-bond donors (Lipinski definition) is 1. The van der Waals surface area contributed by atoms with Crippen LogP contribution in [0.5, 0.6) is 0 Å². The highest BCUT2D eigenvalue weighted by atomic mass is 35.5. The molecule has 0 radical (unpaired) electrons. The number of nitrogens with one attached hydrogen (secondary N) is 1. The lowest BCUT2D eigenvalue weighted by molar-refractivity contribution is -0.111. The molecule has 7 heteroatoms. The van der Waals surface area contributed by atoms with Gasteiger partial charge in [-0.1, -0.05) is 42.1 Å². The molecule has 2 aromatic rings. The lowest BCUT2D eigenvalue weighted by Gasteiger charge is -2.10. The molecule has 0 spiro atoms. The summed E-state index contributed by atoms with van der Waals surface area (Å²) in [5.41, 5.74) is 2.08. The Morgan fingerprint density at radius 3 is 2.46 bits per heavy atom. The molecule has 148 valence electrons. The van der Waals surface area contributed by atoms with Gasteiger partial charge in [-0.05, 0) is 49.5 Å². The summed E-state index contributed by atoms with van der Waals surface area (Å²) in [5.74, 6) is -0.762. The Kier molecular flexibility index (Phi) is 7.16. The largest absolute Gasteiger partial charge is 0.465 e. The van der Waals surface area contributed by atoms with Gasteiger partial charge >= 0.3 is 5.97 Å². The number of aryl methyl sites for hydroxylation is 1. The third kappa shape index (κ3) is 4.77. The Labute approximate surface area is 178 Å². The van der Waals surface area contributed by atoms with Crippen LogP contribution in [0.25, 0.3) is 6.08 Å². The molecule has 1 amide bonds. The first kappa shape index (κ1) is 20.9. The zero-order valence-electron chi connectivity index (χ0n) is 15.5. The van der Waals surface area contributed by atoms with Crippen LogP contribution in [0.1, 0.15) is 52.0 Å². The molecule has 1 aliphatic carbocycles. The number of ether oxygens (including phenoxy) is 1. The van der Waals surface area contributed by atoms with Gasteiger partial charge in [0, 0.05) is 26.6 Å². The van der Waals surface area contributed by atoms with Crippen LogP contribution < -0.4 is 5.32 Å². The number of carbonyl (C=O) groups is 2. The third-order valence-corrected chi connectivity index (χ3v) is 6.57. The lowest BCUT2D eigenvalue weighted by Crippen LogP contribution is -2.12. The number of anilines is 1. The normalized spacial score (nSPS) is 14.2. The van der Waals surface area contributed by atoms with Crippen molar-refractivity contribution in [3.8, 4) is 0 Å². The molecular weight excluding hydrogens is 417 g/mol. The van der Waals surface area contributed by atoms with Crippen LogP contribution in [-0.2, 0) is 22.4 Å². The zero-order valence-corrected chi connectivity index (χ0v) is 17.8. The first-order chi connectivity index (χ1) is 13.5. The molecule has 0 atom stereocenters. The monoisotopic (exact) mass is 437 g/mol. The van der Waals surface area contributed by atoms with Gasteiger partial charge in [0.2, 0.25) is 5.91 Å². The van der Waals surface area contributed by atoms with Gasteiger partial charge in [-0.15, -0.1) is 11.3 Å². The summed E-state index contributed by atoms with van der Waals surface area (Å²) in [7, 11) is 1.36. The second-order valence-corrected chi connectivity index (χ2v) is 8.49. The molecule has 0 fully saturated rings. The fourth-order valence-electron chi connectivity index (χ4n) is 3.31. The van der Waals surface area contributed by atoms with Gasteiger partial charge in [-0.25, -0.2) is 4.79 Å². The van der Waals surface area contributed by atoms with Gasteiger partial charge in [0.05, 0.1) is 12.7 Å². The highest BCUT2D eigenvalue weighted by Crippen LogP contribution is 2.37. The first-order valence-corrected chi connectivity index (χ1v) is 10.7. The Morgan fingerprint density at radius 2 is 1.79 bits per heavy atom. The molecule has 3 rings (SSSR count). The van der Waals surface area contributed by atoms with E-state index in [4.69, 9.17) is 27.9 Å². The molecule has 1 heterocycles. The molecule has 0 aliphatic heterocycles. The topological polar surface area (TPSA) is 55.4 Å². The van der Waals surface area contributed by atoms with Gasteiger partial charge < -0.3 is 10.1 Å². The fourth-order valence-corrected chi connectivity index (χ4v) is 5.11. The average molecular weight is 438 g/mol. The van der Waals surface area contributed by atoms with Crippen molar-refractivity contribution in [3.63, 3.8) is 0 Å². The summed E-state index contributed by atoms with van der Waals surface area (Å²) in [5, 5.41) is 4.31. The Hall–Kier alpha value is -1.82. The summed E-state index contributed by atoms with van der Waals surface area (Å²) in [4.78, 5) is 26.0. The molecule has 1 aromatic heterocycles. The number of rotatable bonds is 4. The molecule has 0 bridgehead atoms. The minimum Gasteiger partial charge on any atom is -0.465 e. The van der Waals surface area contributed by atoms with E-state index >= 15 is 0 Å². The standard InChI is InChI=1S/C21H21Cl2NO3S/c1-27-21(26)19-14-7-4-2-3-5-10-17(14)28-20(19)24-18(25)12-11-13-15(22)8-6-9-16(13)23/h6,8-9,11-12H,2-5,7,10H2,1H3,(H,24,25). The number of thiophene rings is 1. The molecule has 1 aromatic carbocycles. The minimum absolute atomic E-state index is 0.352. The van der Waals surface area contributed by atoms with Crippen LogP contribution in [0, 0.1) is 0 Å². The van der Waals surface area contributed by atoms with Crippen LogP contribution in [0.3, 0.4) is 0 Å². The molecule has 0 saturated carbocycles. The fraction of sp³-hybridized carbons (Fsp3) is 0.333. The van der Waals surface area contributed by atoms with Crippen molar-refractivity contribution in [2.75, 3.05) is 12.4 Å². The third-order valence-electron chi connectivity index (χ3n) is 4.70. The molecule has 4 nitrogen and oxygen atoms in total. The van der Waals surface area contributed by atoms with Crippen LogP contribution in [0.15, 0.2) is 24.3 Å². The quantitative estimate of drug-likeness (QED) is 0.460. The van der Waals surface area contributed by atoms with Crippen molar-refractivity contribution in [2.45, 2.75) is 38.5 Å². The Morgan fingerprint density at radius 1 is 1.11 bits per heavy atom. The van der Waals surface area contributed by atoms with Crippen molar-refractivity contribution in [1.29, 1.82) is 0 Å². The van der Waals surface area contributed by atoms with E-state index in [2.05, 4.69) is 5.32 Å². The van der Waals surface area contributed by atoms with Crippen molar-refractivity contribution in [1.82, 2.24) is 0 Å². The number of benzene rings is 1. The second kappa shape index (κ2) is 9.59. The van der Waals surface area contributed by atoms with Crippen molar-refractivity contribution in [3.05, 3.63) is 55.9 Å². The van der Waals surface area contributed by atoms with Gasteiger partial charge in [0.25, 0.3) is 0 Å². The second-order valence-electron chi connectivity index (χ2n) is 6.57. The number of fused-ring (bicyclic) bond motifs is 1. The Bertz CT molecular complexity index is 900. The maximum atomic E-state index is 12.5. The van der Waals surface area contributed by atoms with Crippen LogP contribution in [-0.4, -0.2) is 19.0 Å². The zero-order chi connectivity index (χ0) is 20.1. The van der Waals surface area contributed by atoms with E-state index in [1.807, 2.05) is 0 Å². The van der Waals surface area contributed by atoms with E-state index < -0.39 is 5.97 Å². The SMILES string of the molecule is COC(=O)c1c(NC(=O)C=Cc2c(Cl)cccc2Cl)sc2c1CCCCCC2. The first-order valence-electron chi connectivity index (χ1n) is 9.17. The summed E-state index contributed by atoms with van der Waals surface area (Å²) in [6.07, 6.45) is 9.15. The van der Waals surface area contributed by atoms with E-state index in [0.717, 1.165) is 42.5 Å². The lowest BCUT2D eigenvalue weighted by atomic mass is 9.96. The maximum Gasteiger partial charge on any atom is 0.341 e. The predicted octanol–water partition coefficient (Wildman–Crippen LogP) is 6.15. The summed E-state index contributed by atoms with van der Waals surface area (Å²) >= 11 is 13.7.